The predicted octanol–water partition coefficient (Wildman–Crippen LogP) is 4.71. The second-order valence-corrected chi connectivity index (χ2v) is 8.26. The average Bonchev–Trinajstić information content (AvgIpc) is 3.24. The highest BCUT2D eigenvalue weighted by Gasteiger charge is 2.15. The van der Waals surface area contributed by atoms with E-state index in [9.17, 15) is 14.4 Å². The number of anilines is 1. The fraction of sp³-hybridized carbons (Fsp3) is 0.217. The van der Waals surface area contributed by atoms with Crippen LogP contribution in [0.2, 0.25) is 5.02 Å². The lowest BCUT2D eigenvalue weighted by molar-refractivity contribution is -0.119. The molecule has 32 heavy (non-hydrogen) atoms. The van der Waals surface area contributed by atoms with Crippen LogP contribution >= 0.6 is 22.9 Å². The van der Waals surface area contributed by atoms with E-state index in [4.69, 9.17) is 16.3 Å². The zero-order valence-corrected chi connectivity index (χ0v) is 19.2. The van der Waals surface area contributed by atoms with Crippen molar-refractivity contribution in [3.05, 3.63) is 64.0 Å². The molecule has 7 nitrogen and oxygen atoms in total. The standard InChI is InChI=1S/C23H22ClN3O4S/c1-14(28)25-12-15-3-5-16(6-4-15)19-13-32-23(26-19)27-22(30)10-8-20(29)18-11-17(24)7-9-21(18)31-2/h3-7,9,11,13H,8,10,12H2,1-2H3,(H,25,28)(H,26,27,30). The number of nitrogens with zero attached hydrogens (tertiary/aromatic N) is 1. The fourth-order valence-corrected chi connectivity index (χ4v) is 3.83. The van der Waals surface area contributed by atoms with Gasteiger partial charge in [0, 0.05) is 42.3 Å². The molecule has 0 saturated heterocycles. The molecule has 0 atom stereocenters. The molecule has 0 spiro atoms. The highest BCUT2D eigenvalue weighted by Crippen LogP contribution is 2.26. The predicted molar refractivity (Wildman–Crippen MR) is 125 cm³/mol. The van der Waals surface area contributed by atoms with Gasteiger partial charge in [0.15, 0.2) is 10.9 Å². The van der Waals surface area contributed by atoms with Gasteiger partial charge in [-0.3, -0.25) is 14.4 Å². The third kappa shape index (κ3) is 6.38. The summed E-state index contributed by atoms with van der Waals surface area (Å²) in [6.45, 7) is 1.94. The smallest absolute Gasteiger partial charge is 0.226 e. The fourth-order valence-electron chi connectivity index (χ4n) is 2.93. The Labute approximate surface area is 194 Å². The van der Waals surface area contributed by atoms with Gasteiger partial charge in [-0.25, -0.2) is 4.98 Å². The Balaban J connectivity index is 1.55. The van der Waals surface area contributed by atoms with E-state index in [0.29, 0.717) is 28.0 Å². The Morgan fingerprint density at radius 1 is 1.09 bits per heavy atom. The van der Waals surface area contributed by atoms with Gasteiger partial charge in [-0.05, 0) is 23.8 Å². The number of thiazole rings is 1. The molecule has 0 saturated carbocycles. The molecular formula is C23H22ClN3O4S. The van der Waals surface area contributed by atoms with Gasteiger partial charge >= 0.3 is 0 Å². The summed E-state index contributed by atoms with van der Waals surface area (Å²) in [5.74, 6) is -0.181. The van der Waals surface area contributed by atoms with Crippen LogP contribution < -0.4 is 15.4 Å². The van der Waals surface area contributed by atoms with Gasteiger partial charge in [-0.2, -0.15) is 0 Å². The number of rotatable bonds is 9. The lowest BCUT2D eigenvalue weighted by Crippen LogP contribution is -2.18. The van der Waals surface area contributed by atoms with Crippen LogP contribution in [0.4, 0.5) is 5.13 Å². The van der Waals surface area contributed by atoms with Crippen molar-refractivity contribution in [1.29, 1.82) is 0 Å². The normalized spacial score (nSPS) is 10.5. The van der Waals surface area contributed by atoms with Crippen LogP contribution in [0, 0.1) is 0 Å². The first kappa shape index (κ1) is 23.4. The van der Waals surface area contributed by atoms with Crippen molar-refractivity contribution in [3.8, 4) is 17.0 Å². The Bertz CT molecular complexity index is 1130. The molecule has 166 valence electrons. The van der Waals surface area contributed by atoms with Crippen LogP contribution in [0.1, 0.15) is 35.7 Å². The summed E-state index contributed by atoms with van der Waals surface area (Å²) < 4.78 is 5.19. The molecule has 0 aliphatic carbocycles. The van der Waals surface area contributed by atoms with Crippen LogP contribution in [0.3, 0.4) is 0 Å². The van der Waals surface area contributed by atoms with E-state index in [-0.39, 0.29) is 30.4 Å². The SMILES string of the molecule is COc1ccc(Cl)cc1C(=O)CCC(=O)Nc1nc(-c2ccc(CNC(C)=O)cc2)cs1. The van der Waals surface area contributed by atoms with Crippen molar-refractivity contribution in [2.24, 2.45) is 0 Å². The summed E-state index contributed by atoms with van der Waals surface area (Å²) in [4.78, 5) is 40.2. The molecule has 2 amide bonds. The molecular weight excluding hydrogens is 450 g/mol. The van der Waals surface area contributed by atoms with Gasteiger partial charge in [0.1, 0.15) is 5.75 Å². The van der Waals surface area contributed by atoms with Crippen molar-refractivity contribution in [3.63, 3.8) is 0 Å². The highest BCUT2D eigenvalue weighted by atomic mass is 35.5. The molecule has 3 rings (SSSR count). The first-order chi connectivity index (χ1) is 15.4. The first-order valence-corrected chi connectivity index (χ1v) is 11.1. The minimum atomic E-state index is -0.300. The number of amides is 2. The van der Waals surface area contributed by atoms with Crippen LogP contribution in [-0.4, -0.2) is 29.7 Å². The highest BCUT2D eigenvalue weighted by molar-refractivity contribution is 7.14. The Kier molecular flexibility index (Phi) is 7.97. The maximum atomic E-state index is 12.5. The van der Waals surface area contributed by atoms with Crippen LogP contribution in [0.25, 0.3) is 11.3 Å². The first-order valence-electron chi connectivity index (χ1n) is 9.81. The maximum Gasteiger partial charge on any atom is 0.226 e. The maximum absolute atomic E-state index is 12.5. The van der Waals surface area contributed by atoms with Gasteiger partial charge in [-0.15, -0.1) is 11.3 Å². The molecule has 1 aromatic heterocycles. The Morgan fingerprint density at radius 2 is 1.84 bits per heavy atom. The van der Waals surface area contributed by atoms with Crippen molar-refractivity contribution >= 4 is 45.7 Å². The van der Waals surface area contributed by atoms with Crippen molar-refractivity contribution < 1.29 is 19.1 Å². The molecule has 9 heteroatoms. The number of hydrogen-bond donors (Lipinski definition) is 2. The third-order valence-electron chi connectivity index (χ3n) is 4.58. The molecule has 0 aliphatic heterocycles. The van der Waals surface area contributed by atoms with Gasteiger partial charge in [0.2, 0.25) is 11.8 Å². The number of benzene rings is 2. The number of methoxy groups -OCH3 is 1. The van der Waals surface area contributed by atoms with E-state index in [0.717, 1.165) is 16.8 Å². The minimum Gasteiger partial charge on any atom is -0.496 e. The summed E-state index contributed by atoms with van der Waals surface area (Å²) in [7, 11) is 1.48. The van der Waals surface area contributed by atoms with E-state index >= 15 is 0 Å². The molecule has 3 aromatic rings. The number of hydrogen-bond acceptors (Lipinski definition) is 6. The molecule has 0 radical (unpaired) electrons. The monoisotopic (exact) mass is 471 g/mol. The number of nitrogens with one attached hydrogen (secondary N) is 2. The molecule has 2 N–H and O–H groups in total. The summed E-state index contributed by atoms with van der Waals surface area (Å²) >= 11 is 7.27. The van der Waals surface area contributed by atoms with Crippen LogP contribution in [0.5, 0.6) is 5.75 Å². The number of ketones is 1. The van der Waals surface area contributed by atoms with E-state index in [1.54, 1.807) is 12.1 Å². The number of aromatic nitrogens is 1. The number of Topliss-reactive ketones (excluding diaryl/α,β-unsaturated/α-hetero) is 1. The molecule has 0 bridgehead atoms. The van der Waals surface area contributed by atoms with Crippen LogP contribution in [-0.2, 0) is 16.1 Å². The topological polar surface area (TPSA) is 97.4 Å². The number of carbonyl (C=O) groups excluding carboxylic acids is 3. The summed E-state index contributed by atoms with van der Waals surface area (Å²) in [6, 6.07) is 12.5. The van der Waals surface area contributed by atoms with Gasteiger partial charge in [0.05, 0.1) is 18.4 Å². The van der Waals surface area contributed by atoms with E-state index in [2.05, 4.69) is 15.6 Å². The van der Waals surface area contributed by atoms with Crippen molar-refractivity contribution in [1.82, 2.24) is 10.3 Å². The second-order valence-electron chi connectivity index (χ2n) is 6.96. The minimum absolute atomic E-state index is 0.0151. The molecule has 0 fully saturated rings. The molecule has 0 unspecified atom stereocenters. The molecule has 1 heterocycles. The van der Waals surface area contributed by atoms with E-state index in [1.165, 1.54) is 31.4 Å². The van der Waals surface area contributed by atoms with Crippen LogP contribution in [0.15, 0.2) is 47.8 Å². The Hall–Kier alpha value is -3.23. The van der Waals surface area contributed by atoms with Crippen molar-refractivity contribution in [2.75, 3.05) is 12.4 Å². The van der Waals surface area contributed by atoms with Gasteiger partial charge < -0.3 is 15.4 Å². The second kappa shape index (κ2) is 10.9. The third-order valence-corrected chi connectivity index (χ3v) is 5.58. The Morgan fingerprint density at radius 3 is 2.53 bits per heavy atom. The number of ether oxygens (including phenoxy) is 1. The van der Waals surface area contributed by atoms with E-state index in [1.807, 2.05) is 29.6 Å². The zero-order valence-electron chi connectivity index (χ0n) is 17.6. The quantitative estimate of drug-likeness (QED) is 0.440. The summed E-state index contributed by atoms with van der Waals surface area (Å²) in [5, 5.41) is 8.22. The number of halogens is 1. The summed E-state index contributed by atoms with van der Waals surface area (Å²) in [5.41, 5.74) is 2.97. The molecule has 2 aromatic carbocycles. The van der Waals surface area contributed by atoms with E-state index < -0.39 is 0 Å². The number of carbonyl (C=O) groups is 3. The van der Waals surface area contributed by atoms with Crippen molar-refractivity contribution in [2.45, 2.75) is 26.3 Å². The largest absolute Gasteiger partial charge is 0.496 e. The molecule has 0 aliphatic rings. The van der Waals surface area contributed by atoms with Gasteiger partial charge in [0.25, 0.3) is 0 Å². The lowest BCUT2D eigenvalue weighted by atomic mass is 10.1. The zero-order chi connectivity index (χ0) is 23.1. The lowest BCUT2D eigenvalue weighted by Gasteiger charge is -2.08. The van der Waals surface area contributed by atoms with Gasteiger partial charge in [-0.1, -0.05) is 35.9 Å². The average molecular weight is 472 g/mol. The summed E-state index contributed by atoms with van der Waals surface area (Å²) in [6.07, 6.45) is 0.0395.